The fourth-order valence-corrected chi connectivity index (χ4v) is 3.22. The van der Waals surface area contributed by atoms with E-state index in [4.69, 9.17) is 28.2 Å². The SMILES string of the molecule is Fc1ccc(CNC(=S)N(Cc2nnc(-c3ccc(Cl)cc3)o2)C2CC2)cc1. The first-order valence-electron chi connectivity index (χ1n) is 8.96. The van der Waals surface area contributed by atoms with Gasteiger partial charge in [0, 0.05) is 23.2 Å². The summed E-state index contributed by atoms with van der Waals surface area (Å²) in [5, 5.41) is 12.8. The zero-order chi connectivity index (χ0) is 19.5. The summed E-state index contributed by atoms with van der Waals surface area (Å²) in [6, 6.07) is 14.0. The molecule has 2 aromatic carbocycles. The summed E-state index contributed by atoms with van der Waals surface area (Å²) in [5.74, 6) is 0.703. The fourth-order valence-electron chi connectivity index (χ4n) is 2.81. The van der Waals surface area contributed by atoms with Gasteiger partial charge in [0.2, 0.25) is 11.8 Å². The van der Waals surface area contributed by atoms with E-state index in [-0.39, 0.29) is 5.82 Å². The average Bonchev–Trinajstić information content (AvgIpc) is 3.44. The Morgan fingerprint density at radius 2 is 1.86 bits per heavy atom. The van der Waals surface area contributed by atoms with Gasteiger partial charge in [0.25, 0.3) is 0 Å². The van der Waals surface area contributed by atoms with Gasteiger partial charge in [-0.2, -0.15) is 0 Å². The highest BCUT2D eigenvalue weighted by Crippen LogP contribution is 2.29. The number of hydrogen-bond acceptors (Lipinski definition) is 4. The van der Waals surface area contributed by atoms with Crippen molar-refractivity contribution in [1.82, 2.24) is 20.4 Å². The Labute approximate surface area is 172 Å². The molecule has 0 unspecified atom stereocenters. The number of thiocarbonyl (C=S) groups is 1. The lowest BCUT2D eigenvalue weighted by Crippen LogP contribution is -2.40. The lowest BCUT2D eigenvalue weighted by atomic mass is 10.2. The topological polar surface area (TPSA) is 54.2 Å². The molecule has 0 amide bonds. The highest BCUT2D eigenvalue weighted by atomic mass is 35.5. The molecular weight excluding hydrogens is 399 g/mol. The number of nitrogens with one attached hydrogen (secondary N) is 1. The molecule has 3 aromatic rings. The molecule has 5 nitrogen and oxygen atoms in total. The van der Waals surface area contributed by atoms with Crippen molar-refractivity contribution in [3.63, 3.8) is 0 Å². The van der Waals surface area contributed by atoms with Crippen molar-refractivity contribution in [3.8, 4) is 11.5 Å². The number of halogens is 2. The van der Waals surface area contributed by atoms with Crippen LogP contribution in [0.2, 0.25) is 5.02 Å². The summed E-state index contributed by atoms with van der Waals surface area (Å²) >= 11 is 11.5. The van der Waals surface area contributed by atoms with E-state index in [1.165, 1.54) is 12.1 Å². The third kappa shape index (κ3) is 4.66. The summed E-state index contributed by atoms with van der Waals surface area (Å²) in [5.41, 5.74) is 1.78. The van der Waals surface area contributed by atoms with Crippen LogP contribution in [0.15, 0.2) is 52.9 Å². The fraction of sp³-hybridized carbons (Fsp3) is 0.250. The Balaban J connectivity index is 1.40. The second-order valence-corrected chi connectivity index (χ2v) is 7.48. The summed E-state index contributed by atoms with van der Waals surface area (Å²) in [4.78, 5) is 2.07. The van der Waals surface area contributed by atoms with Crippen molar-refractivity contribution in [2.24, 2.45) is 0 Å². The van der Waals surface area contributed by atoms with Crippen molar-refractivity contribution in [3.05, 3.63) is 70.8 Å². The average molecular weight is 417 g/mol. The lowest BCUT2D eigenvalue weighted by Gasteiger charge is -2.24. The van der Waals surface area contributed by atoms with Gasteiger partial charge in [-0.05, 0) is 67.0 Å². The standard InChI is InChI=1S/C20H18ClFN4OS/c21-15-5-3-14(4-6-15)19-25-24-18(27-19)12-26(17-9-10-17)20(28)23-11-13-1-7-16(22)8-2-13/h1-8,17H,9-12H2,(H,23,28). The molecule has 0 spiro atoms. The molecule has 144 valence electrons. The third-order valence-electron chi connectivity index (χ3n) is 4.47. The normalized spacial score (nSPS) is 13.4. The summed E-state index contributed by atoms with van der Waals surface area (Å²) in [6.07, 6.45) is 2.16. The van der Waals surface area contributed by atoms with E-state index in [2.05, 4.69) is 20.4 Å². The molecule has 1 aromatic heterocycles. The molecule has 1 heterocycles. The van der Waals surface area contributed by atoms with Gasteiger partial charge in [-0.3, -0.25) is 0 Å². The van der Waals surface area contributed by atoms with Crippen LogP contribution in [-0.4, -0.2) is 26.3 Å². The molecule has 0 saturated heterocycles. The number of hydrogen-bond donors (Lipinski definition) is 1. The Bertz CT molecular complexity index is 957. The molecule has 1 aliphatic rings. The second-order valence-electron chi connectivity index (χ2n) is 6.65. The Morgan fingerprint density at radius 1 is 1.14 bits per heavy atom. The maximum Gasteiger partial charge on any atom is 0.247 e. The highest BCUT2D eigenvalue weighted by Gasteiger charge is 2.32. The minimum atomic E-state index is -0.251. The largest absolute Gasteiger partial charge is 0.419 e. The first kappa shape index (κ1) is 18.8. The van der Waals surface area contributed by atoms with Crippen molar-refractivity contribution in [1.29, 1.82) is 0 Å². The van der Waals surface area contributed by atoms with E-state index in [0.29, 0.717) is 41.0 Å². The van der Waals surface area contributed by atoms with Crippen LogP contribution in [-0.2, 0) is 13.1 Å². The van der Waals surface area contributed by atoms with Crippen LogP contribution in [0.3, 0.4) is 0 Å². The highest BCUT2D eigenvalue weighted by molar-refractivity contribution is 7.80. The van der Waals surface area contributed by atoms with Gasteiger partial charge in [0.1, 0.15) is 5.82 Å². The maximum absolute atomic E-state index is 13.0. The Morgan fingerprint density at radius 3 is 2.54 bits per heavy atom. The second kappa shape index (κ2) is 8.24. The first-order chi connectivity index (χ1) is 13.6. The zero-order valence-corrected chi connectivity index (χ0v) is 16.5. The Hall–Kier alpha value is -2.51. The molecule has 0 radical (unpaired) electrons. The molecule has 0 atom stereocenters. The van der Waals surface area contributed by atoms with Gasteiger partial charge in [0.15, 0.2) is 5.11 Å². The number of benzene rings is 2. The van der Waals surface area contributed by atoms with Crippen LogP contribution in [0.1, 0.15) is 24.3 Å². The van der Waals surface area contributed by atoms with Crippen LogP contribution in [0, 0.1) is 5.82 Å². The summed E-state index contributed by atoms with van der Waals surface area (Å²) in [7, 11) is 0. The van der Waals surface area contributed by atoms with Crippen molar-refractivity contribution < 1.29 is 8.81 Å². The van der Waals surface area contributed by atoms with E-state index in [9.17, 15) is 4.39 Å². The van der Waals surface area contributed by atoms with E-state index >= 15 is 0 Å². The molecule has 4 rings (SSSR count). The maximum atomic E-state index is 13.0. The van der Waals surface area contributed by atoms with Crippen molar-refractivity contribution in [2.45, 2.75) is 32.0 Å². The molecule has 1 aliphatic carbocycles. The van der Waals surface area contributed by atoms with E-state index in [1.54, 1.807) is 24.3 Å². The molecular formula is C20H18ClFN4OS. The van der Waals surface area contributed by atoms with Crippen LogP contribution >= 0.6 is 23.8 Å². The van der Waals surface area contributed by atoms with Gasteiger partial charge in [-0.15, -0.1) is 10.2 Å². The number of rotatable bonds is 6. The number of nitrogens with zero attached hydrogens (tertiary/aromatic N) is 3. The van der Waals surface area contributed by atoms with Gasteiger partial charge >= 0.3 is 0 Å². The molecule has 0 aliphatic heterocycles. The molecule has 1 N–H and O–H groups in total. The van der Waals surface area contributed by atoms with Crippen LogP contribution in [0.4, 0.5) is 4.39 Å². The third-order valence-corrected chi connectivity index (χ3v) is 5.10. The molecule has 1 saturated carbocycles. The van der Waals surface area contributed by atoms with Gasteiger partial charge < -0.3 is 14.6 Å². The first-order valence-corrected chi connectivity index (χ1v) is 9.74. The van der Waals surface area contributed by atoms with E-state index in [1.807, 2.05) is 12.1 Å². The quantitative estimate of drug-likeness (QED) is 0.594. The molecule has 28 heavy (non-hydrogen) atoms. The summed E-state index contributed by atoms with van der Waals surface area (Å²) in [6.45, 7) is 0.975. The minimum absolute atomic E-state index is 0.251. The van der Waals surface area contributed by atoms with Gasteiger partial charge in [0.05, 0.1) is 6.54 Å². The van der Waals surface area contributed by atoms with Crippen molar-refractivity contribution in [2.75, 3.05) is 0 Å². The smallest absolute Gasteiger partial charge is 0.247 e. The predicted octanol–water partition coefficient (Wildman–Crippen LogP) is 4.57. The Kier molecular flexibility index (Phi) is 5.54. The van der Waals surface area contributed by atoms with Crippen LogP contribution < -0.4 is 5.32 Å². The molecule has 8 heteroatoms. The zero-order valence-electron chi connectivity index (χ0n) is 14.9. The van der Waals surface area contributed by atoms with Crippen molar-refractivity contribution >= 4 is 28.9 Å². The van der Waals surface area contributed by atoms with E-state index < -0.39 is 0 Å². The van der Waals surface area contributed by atoms with Crippen LogP contribution in [0.5, 0.6) is 0 Å². The lowest BCUT2D eigenvalue weighted by molar-refractivity contribution is 0.343. The molecule has 1 fully saturated rings. The number of aromatic nitrogens is 2. The summed E-state index contributed by atoms with van der Waals surface area (Å²) < 4.78 is 18.8. The minimum Gasteiger partial charge on any atom is -0.419 e. The van der Waals surface area contributed by atoms with E-state index in [0.717, 1.165) is 24.0 Å². The molecule has 0 bridgehead atoms. The van der Waals surface area contributed by atoms with Crippen LogP contribution in [0.25, 0.3) is 11.5 Å². The monoisotopic (exact) mass is 416 g/mol. The predicted molar refractivity (Wildman–Crippen MR) is 109 cm³/mol. The van der Waals surface area contributed by atoms with Gasteiger partial charge in [-0.25, -0.2) is 4.39 Å². The van der Waals surface area contributed by atoms with Gasteiger partial charge in [-0.1, -0.05) is 23.7 Å².